The van der Waals surface area contributed by atoms with Crippen molar-refractivity contribution in [3.63, 3.8) is 0 Å². The lowest BCUT2D eigenvalue weighted by Crippen LogP contribution is -2.32. The van der Waals surface area contributed by atoms with Crippen LogP contribution in [0.4, 0.5) is 0 Å². The van der Waals surface area contributed by atoms with Crippen LogP contribution in [0.1, 0.15) is 18.5 Å². The van der Waals surface area contributed by atoms with Crippen molar-refractivity contribution < 1.29 is 24.5 Å². The van der Waals surface area contributed by atoms with Crippen LogP contribution in [0.2, 0.25) is 0 Å². The molecule has 2 aromatic rings. The average Bonchev–Trinajstić information content (AvgIpc) is 2.53. The maximum Gasteiger partial charge on any atom is 0.330 e. The second kappa shape index (κ2) is 9.40. The first-order valence-electron chi connectivity index (χ1n) is 6.95. The van der Waals surface area contributed by atoms with Crippen molar-refractivity contribution >= 4 is 102 Å². The Balaban J connectivity index is 2.41. The zero-order chi connectivity index (χ0) is 19.6. The first-order valence-corrected chi connectivity index (χ1v) is 11.3. The Morgan fingerprint density at radius 2 is 1.50 bits per heavy atom. The number of nitrogens with one attached hydrogen (secondary N) is 1. The van der Waals surface area contributed by atoms with Crippen molar-refractivity contribution in [2.45, 2.75) is 13.0 Å². The molecule has 0 saturated heterocycles. The molecule has 0 radical (unpaired) electrons. The topological polar surface area (TPSA) is 95.9 Å². The number of amides is 1. The number of benzene rings is 2. The fourth-order valence-corrected chi connectivity index (χ4v) is 5.80. The number of carbonyl (C=O) groups excluding carboxylic acids is 1. The number of hydrogen-bond donors (Lipinski definition) is 3. The van der Waals surface area contributed by atoms with Gasteiger partial charge in [-0.15, -0.1) is 0 Å². The van der Waals surface area contributed by atoms with Crippen molar-refractivity contribution in [2.75, 3.05) is 0 Å². The van der Waals surface area contributed by atoms with Crippen molar-refractivity contribution in [1.29, 1.82) is 0 Å². The Hall–Kier alpha value is -0.1000. The Kier molecular flexibility index (Phi) is 8.02. The Morgan fingerprint density at radius 3 is 1.92 bits per heavy atom. The molecule has 1 atom stereocenters. The van der Waals surface area contributed by atoms with E-state index in [9.17, 15) is 19.8 Å². The third-order valence-corrected chi connectivity index (χ3v) is 6.41. The van der Waals surface area contributed by atoms with Crippen LogP contribution >= 0.6 is 90.4 Å². The SMILES string of the molecule is CC(=O)NC(C(=O)O)c1cc(I)c(Oc2cc(I)c(O)c(I)c2)c(I)c1. The molecule has 2 rings (SSSR count). The molecule has 0 aromatic heterocycles. The molecule has 138 valence electrons. The van der Waals surface area contributed by atoms with Gasteiger partial charge in [-0.1, -0.05) is 0 Å². The molecular formula is C16H11I4NO5. The number of carboxylic acid groups (broad SMARTS) is 1. The minimum atomic E-state index is -1.14. The van der Waals surface area contributed by atoms with Gasteiger partial charge in [0, 0.05) is 6.92 Å². The summed E-state index contributed by atoms with van der Waals surface area (Å²) >= 11 is 8.18. The molecule has 1 amide bonds. The second-order valence-electron chi connectivity index (χ2n) is 5.12. The largest absolute Gasteiger partial charge is 0.506 e. The lowest BCUT2D eigenvalue weighted by molar-refractivity contribution is -0.141. The summed E-state index contributed by atoms with van der Waals surface area (Å²) in [6.07, 6.45) is 0. The van der Waals surface area contributed by atoms with Crippen molar-refractivity contribution in [3.8, 4) is 17.2 Å². The maximum atomic E-state index is 11.5. The van der Waals surface area contributed by atoms with Gasteiger partial charge in [0.25, 0.3) is 0 Å². The summed E-state index contributed by atoms with van der Waals surface area (Å²) in [5.41, 5.74) is 0.462. The van der Waals surface area contributed by atoms with Gasteiger partial charge in [0.1, 0.15) is 11.5 Å². The van der Waals surface area contributed by atoms with Gasteiger partial charge in [0.2, 0.25) is 5.91 Å². The van der Waals surface area contributed by atoms with Gasteiger partial charge >= 0.3 is 5.97 Å². The average molecular weight is 805 g/mol. The fourth-order valence-electron chi connectivity index (χ4n) is 2.05. The predicted molar refractivity (Wildman–Crippen MR) is 130 cm³/mol. The molecule has 0 aliphatic carbocycles. The molecule has 2 aromatic carbocycles. The van der Waals surface area contributed by atoms with E-state index < -0.39 is 17.9 Å². The molecule has 3 N–H and O–H groups in total. The number of carboxylic acids is 1. The van der Waals surface area contributed by atoms with Crippen molar-refractivity contribution in [3.05, 3.63) is 44.1 Å². The fraction of sp³-hybridized carbons (Fsp3) is 0.125. The lowest BCUT2D eigenvalue weighted by atomic mass is 10.1. The van der Waals surface area contributed by atoms with Crippen LogP contribution in [0, 0.1) is 14.3 Å². The number of ether oxygens (including phenoxy) is 1. The van der Waals surface area contributed by atoms with Crippen LogP contribution in [-0.4, -0.2) is 22.1 Å². The van der Waals surface area contributed by atoms with E-state index in [0.29, 0.717) is 31.3 Å². The quantitative estimate of drug-likeness (QED) is 0.376. The molecule has 0 saturated carbocycles. The molecule has 0 aliphatic rings. The molecule has 0 aliphatic heterocycles. The summed E-state index contributed by atoms with van der Waals surface area (Å²) < 4.78 is 8.72. The number of aromatic hydroxyl groups is 1. The highest BCUT2D eigenvalue weighted by Crippen LogP contribution is 2.37. The highest BCUT2D eigenvalue weighted by atomic mass is 127. The summed E-state index contributed by atoms with van der Waals surface area (Å²) in [4.78, 5) is 22.7. The third-order valence-electron chi connectivity index (χ3n) is 3.16. The van der Waals surface area contributed by atoms with E-state index in [4.69, 9.17) is 4.74 Å². The van der Waals surface area contributed by atoms with E-state index in [0.717, 1.165) is 0 Å². The zero-order valence-corrected chi connectivity index (χ0v) is 21.6. The number of aliphatic carboxylic acids is 1. The molecular weight excluding hydrogens is 794 g/mol. The molecule has 0 spiro atoms. The number of halogens is 4. The van der Waals surface area contributed by atoms with E-state index >= 15 is 0 Å². The highest BCUT2D eigenvalue weighted by Gasteiger charge is 2.23. The Bertz CT molecular complexity index is 841. The van der Waals surface area contributed by atoms with Crippen molar-refractivity contribution in [1.82, 2.24) is 5.32 Å². The van der Waals surface area contributed by atoms with Crippen LogP contribution in [0.25, 0.3) is 0 Å². The number of phenolic OH excluding ortho intramolecular Hbond substituents is 1. The van der Waals surface area contributed by atoms with Crippen LogP contribution in [0.5, 0.6) is 17.2 Å². The molecule has 0 heterocycles. The Labute approximate surface area is 204 Å². The van der Waals surface area contributed by atoms with Gasteiger partial charge in [-0.2, -0.15) is 0 Å². The van der Waals surface area contributed by atoms with E-state index in [-0.39, 0.29) is 5.75 Å². The van der Waals surface area contributed by atoms with Crippen LogP contribution in [0.3, 0.4) is 0 Å². The summed E-state index contributed by atoms with van der Waals surface area (Å²) in [6, 6.07) is 5.65. The predicted octanol–water partition coefficient (Wildman–Crippen LogP) is 4.86. The van der Waals surface area contributed by atoms with Gasteiger partial charge in [-0.05, 0) is 120 Å². The number of hydrogen-bond acceptors (Lipinski definition) is 4. The standard InChI is InChI=1S/C16H11I4NO5/c1-6(22)21-13(16(24)25)7-2-11(19)15(12(20)3-7)26-8-4-9(17)14(23)10(18)5-8/h2-5,13,23H,1H3,(H,21,22)(H,24,25). The van der Waals surface area contributed by atoms with Crippen LogP contribution in [0.15, 0.2) is 24.3 Å². The third kappa shape index (κ3) is 5.46. The van der Waals surface area contributed by atoms with Gasteiger partial charge < -0.3 is 20.3 Å². The van der Waals surface area contributed by atoms with E-state index in [1.807, 2.05) is 45.2 Å². The normalized spacial score (nSPS) is 11.7. The van der Waals surface area contributed by atoms with E-state index in [1.165, 1.54) is 6.92 Å². The van der Waals surface area contributed by atoms with Gasteiger partial charge in [0.05, 0.1) is 14.3 Å². The molecule has 10 heteroatoms. The zero-order valence-electron chi connectivity index (χ0n) is 13.0. The van der Waals surface area contributed by atoms with Gasteiger partial charge in [-0.3, -0.25) is 4.79 Å². The number of phenols is 1. The van der Waals surface area contributed by atoms with Crippen LogP contribution in [-0.2, 0) is 9.59 Å². The summed E-state index contributed by atoms with van der Waals surface area (Å²) in [6.45, 7) is 1.28. The monoisotopic (exact) mass is 805 g/mol. The summed E-state index contributed by atoms with van der Waals surface area (Å²) in [5, 5.41) is 21.7. The minimum Gasteiger partial charge on any atom is -0.506 e. The summed E-state index contributed by atoms with van der Waals surface area (Å²) in [5.74, 6) is -0.201. The molecule has 0 fully saturated rings. The smallest absolute Gasteiger partial charge is 0.330 e. The first kappa shape index (κ1) is 22.2. The molecule has 6 nitrogen and oxygen atoms in total. The first-order chi connectivity index (χ1) is 12.1. The van der Waals surface area contributed by atoms with E-state index in [1.54, 1.807) is 24.3 Å². The molecule has 0 bridgehead atoms. The molecule has 26 heavy (non-hydrogen) atoms. The minimum absolute atomic E-state index is 0.206. The lowest BCUT2D eigenvalue weighted by Gasteiger charge is -2.17. The van der Waals surface area contributed by atoms with Crippen molar-refractivity contribution in [2.24, 2.45) is 0 Å². The molecule has 1 unspecified atom stereocenters. The maximum absolute atomic E-state index is 11.5. The number of rotatable bonds is 5. The van der Waals surface area contributed by atoms with E-state index in [2.05, 4.69) is 50.5 Å². The number of carbonyl (C=O) groups is 2. The van der Waals surface area contributed by atoms with Gasteiger partial charge in [-0.25, -0.2) is 4.79 Å². The second-order valence-corrected chi connectivity index (χ2v) is 9.77. The Morgan fingerprint density at radius 1 is 1.00 bits per heavy atom. The highest BCUT2D eigenvalue weighted by molar-refractivity contribution is 14.1. The van der Waals surface area contributed by atoms with Gasteiger partial charge in [0.15, 0.2) is 11.8 Å². The van der Waals surface area contributed by atoms with Crippen LogP contribution < -0.4 is 10.1 Å². The summed E-state index contributed by atoms with van der Waals surface area (Å²) in [7, 11) is 0.